The van der Waals surface area contributed by atoms with Gasteiger partial charge in [0.2, 0.25) is 0 Å². The smallest absolute Gasteiger partial charge is 0.293 e. The monoisotopic (exact) mass is 340 g/mol. The van der Waals surface area contributed by atoms with Crippen LogP contribution in [-0.4, -0.2) is 4.92 Å². The molecule has 2 aromatic carbocycles. The van der Waals surface area contributed by atoms with Gasteiger partial charge in [-0.25, -0.2) is 0 Å². The summed E-state index contributed by atoms with van der Waals surface area (Å²) in [6.45, 7) is 0.433. The number of halogens is 2. The van der Waals surface area contributed by atoms with Gasteiger partial charge in [-0.15, -0.1) is 0 Å². The zero-order valence-corrected chi connectivity index (χ0v) is 12.1. The molecule has 0 saturated carbocycles. The van der Waals surface area contributed by atoms with E-state index in [1.165, 1.54) is 6.07 Å². The molecule has 0 aromatic heterocycles. The van der Waals surface area contributed by atoms with E-state index in [0.29, 0.717) is 21.7 Å². The van der Waals surface area contributed by atoms with Crippen LogP contribution in [0.15, 0.2) is 46.9 Å². The largest absolute Gasteiger partial charge is 0.375 e. The highest BCUT2D eigenvalue weighted by atomic mass is 79.9. The maximum absolute atomic E-state index is 11.0. The van der Waals surface area contributed by atoms with Crippen LogP contribution in [0.4, 0.5) is 11.4 Å². The van der Waals surface area contributed by atoms with Gasteiger partial charge in [0.05, 0.1) is 4.92 Å². The normalized spacial score (nSPS) is 10.2. The van der Waals surface area contributed by atoms with Crippen LogP contribution < -0.4 is 5.32 Å². The summed E-state index contributed by atoms with van der Waals surface area (Å²) < 4.78 is 0.669. The van der Waals surface area contributed by atoms with E-state index in [1.807, 2.05) is 18.2 Å². The third-order valence-corrected chi connectivity index (χ3v) is 3.45. The molecule has 0 radical (unpaired) electrons. The molecule has 0 aliphatic heterocycles. The van der Waals surface area contributed by atoms with Crippen LogP contribution in [-0.2, 0) is 6.54 Å². The molecule has 1 N–H and O–H groups in total. The summed E-state index contributed by atoms with van der Waals surface area (Å²) in [5, 5.41) is 14.6. The fourth-order valence-electron chi connectivity index (χ4n) is 1.64. The number of hydrogen-bond acceptors (Lipinski definition) is 3. The van der Waals surface area contributed by atoms with Crippen LogP contribution in [0.25, 0.3) is 0 Å². The van der Waals surface area contributed by atoms with Crippen molar-refractivity contribution in [3.63, 3.8) is 0 Å². The summed E-state index contributed by atoms with van der Waals surface area (Å²) in [6, 6.07) is 12.3. The molecule has 0 fully saturated rings. The van der Waals surface area contributed by atoms with E-state index in [2.05, 4.69) is 21.2 Å². The molecule has 0 atom stereocenters. The van der Waals surface area contributed by atoms with E-state index in [0.717, 1.165) is 5.56 Å². The van der Waals surface area contributed by atoms with Crippen molar-refractivity contribution in [3.8, 4) is 0 Å². The maximum atomic E-state index is 11.0. The van der Waals surface area contributed by atoms with Crippen LogP contribution in [0.5, 0.6) is 0 Å². The number of nitrogens with one attached hydrogen (secondary N) is 1. The van der Waals surface area contributed by atoms with Gasteiger partial charge in [-0.2, -0.15) is 0 Å². The molecule has 0 aliphatic rings. The Kier molecular flexibility index (Phi) is 4.39. The molecule has 0 heterocycles. The first-order chi connectivity index (χ1) is 9.08. The van der Waals surface area contributed by atoms with Crippen molar-refractivity contribution in [1.29, 1.82) is 0 Å². The Balaban J connectivity index is 2.20. The molecule has 19 heavy (non-hydrogen) atoms. The molecule has 0 amide bonds. The molecular weight excluding hydrogens is 332 g/mol. The summed E-state index contributed by atoms with van der Waals surface area (Å²) in [4.78, 5) is 10.6. The van der Waals surface area contributed by atoms with Crippen molar-refractivity contribution < 1.29 is 4.92 Å². The molecule has 2 aromatic rings. The lowest BCUT2D eigenvalue weighted by molar-refractivity contribution is -0.384. The van der Waals surface area contributed by atoms with E-state index in [1.54, 1.807) is 18.2 Å². The van der Waals surface area contributed by atoms with Crippen molar-refractivity contribution in [3.05, 3.63) is 67.6 Å². The van der Waals surface area contributed by atoms with E-state index >= 15 is 0 Å². The molecule has 0 bridgehead atoms. The fourth-order valence-corrected chi connectivity index (χ4v) is 2.19. The van der Waals surface area contributed by atoms with Gasteiger partial charge >= 0.3 is 0 Å². The van der Waals surface area contributed by atoms with Gasteiger partial charge in [0.1, 0.15) is 5.69 Å². The summed E-state index contributed by atoms with van der Waals surface area (Å²) in [7, 11) is 0. The van der Waals surface area contributed by atoms with E-state index in [-0.39, 0.29) is 5.69 Å². The SMILES string of the molecule is O=[N+]([O-])c1cc(Br)ccc1NCc1ccccc1Cl. The number of benzene rings is 2. The highest BCUT2D eigenvalue weighted by molar-refractivity contribution is 9.10. The van der Waals surface area contributed by atoms with E-state index in [4.69, 9.17) is 11.6 Å². The average molecular weight is 342 g/mol. The molecule has 2 rings (SSSR count). The second kappa shape index (κ2) is 6.04. The minimum absolute atomic E-state index is 0.0291. The number of anilines is 1. The average Bonchev–Trinajstić information content (AvgIpc) is 2.38. The van der Waals surface area contributed by atoms with Gasteiger partial charge in [0.15, 0.2) is 0 Å². The van der Waals surface area contributed by atoms with Gasteiger partial charge in [-0.3, -0.25) is 10.1 Å². The number of hydrogen-bond donors (Lipinski definition) is 1. The first kappa shape index (κ1) is 13.8. The van der Waals surface area contributed by atoms with Crippen molar-refractivity contribution in [2.45, 2.75) is 6.54 Å². The molecule has 0 saturated heterocycles. The van der Waals surface area contributed by atoms with Crippen molar-refractivity contribution in [1.82, 2.24) is 0 Å². The lowest BCUT2D eigenvalue weighted by Crippen LogP contribution is -2.03. The first-order valence-corrected chi connectivity index (χ1v) is 6.66. The van der Waals surface area contributed by atoms with Crippen molar-refractivity contribution >= 4 is 38.9 Å². The molecular formula is C13H10BrClN2O2. The Bertz CT molecular complexity index is 619. The zero-order valence-electron chi connectivity index (χ0n) is 9.77. The second-order valence-corrected chi connectivity index (χ2v) is 5.19. The number of nitro groups is 1. The predicted octanol–water partition coefficient (Wildman–Crippen LogP) is 4.62. The molecule has 0 unspecified atom stereocenters. The van der Waals surface area contributed by atoms with E-state index in [9.17, 15) is 10.1 Å². The topological polar surface area (TPSA) is 55.2 Å². The van der Waals surface area contributed by atoms with Crippen LogP contribution in [0.2, 0.25) is 5.02 Å². The molecule has 98 valence electrons. The minimum Gasteiger partial charge on any atom is -0.375 e. The molecule has 4 nitrogen and oxygen atoms in total. The van der Waals surface area contributed by atoms with E-state index < -0.39 is 4.92 Å². The van der Waals surface area contributed by atoms with Crippen LogP contribution in [0.1, 0.15) is 5.56 Å². The lowest BCUT2D eigenvalue weighted by Gasteiger charge is -2.08. The van der Waals surface area contributed by atoms with Gasteiger partial charge in [0, 0.05) is 22.1 Å². The van der Waals surface area contributed by atoms with Gasteiger partial charge < -0.3 is 5.32 Å². The minimum atomic E-state index is -0.417. The Morgan fingerprint density at radius 3 is 2.68 bits per heavy atom. The van der Waals surface area contributed by atoms with Gasteiger partial charge in [-0.05, 0) is 23.8 Å². The van der Waals surface area contributed by atoms with Crippen molar-refractivity contribution in [2.75, 3.05) is 5.32 Å². The van der Waals surface area contributed by atoms with Crippen LogP contribution in [0, 0.1) is 10.1 Å². The quantitative estimate of drug-likeness (QED) is 0.652. The lowest BCUT2D eigenvalue weighted by atomic mass is 10.2. The Hall–Kier alpha value is -1.59. The summed E-state index contributed by atoms with van der Waals surface area (Å²) in [5.41, 5.74) is 1.39. The second-order valence-electron chi connectivity index (χ2n) is 3.86. The molecule has 6 heteroatoms. The number of rotatable bonds is 4. The predicted molar refractivity (Wildman–Crippen MR) is 79.6 cm³/mol. The first-order valence-electron chi connectivity index (χ1n) is 5.49. The van der Waals surface area contributed by atoms with Gasteiger partial charge in [0.25, 0.3) is 5.69 Å². The summed E-state index contributed by atoms with van der Waals surface area (Å²) in [5.74, 6) is 0. The molecule has 0 spiro atoms. The Morgan fingerprint density at radius 2 is 2.00 bits per heavy atom. The molecule has 0 aliphatic carbocycles. The van der Waals surface area contributed by atoms with Crippen LogP contribution in [0.3, 0.4) is 0 Å². The summed E-state index contributed by atoms with van der Waals surface area (Å²) in [6.07, 6.45) is 0. The Labute approximate surface area is 123 Å². The zero-order chi connectivity index (χ0) is 13.8. The number of nitro benzene ring substituents is 1. The Morgan fingerprint density at radius 1 is 1.26 bits per heavy atom. The van der Waals surface area contributed by atoms with Crippen molar-refractivity contribution in [2.24, 2.45) is 0 Å². The number of nitrogens with zero attached hydrogens (tertiary/aromatic N) is 1. The highest BCUT2D eigenvalue weighted by Crippen LogP contribution is 2.28. The standard InChI is InChI=1S/C13H10BrClN2O2/c14-10-5-6-12(13(7-10)17(18)19)16-8-9-3-1-2-4-11(9)15/h1-7,16H,8H2. The highest BCUT2D eigenvalue weighted by Gasteiger charge is 2.13. The van der Waals surface area contributed by atoms with Crippen LogP contribution >= 0.6 is 27.5 Å². The fraction of sp³-hybridized carbons (Fsp3) is 0.0769. The summed E-state index contributed by atoms with van der Waals surface area (Å²) >= 11 is 9.26. The maximum Gasteiger partial charge on any atom is 0.293 e. The third-order valence-electron chi connectivity index (χ3n) is 2.58. The van der Waals surface area contributed by atoms with Gasteiger partial charge in [-0.1, -0.05) is 45.7 Å². The third kappa shape index (κ3) is 3.45.